The molecule has 0 aromatic rings. The molecule has 0 aliphatic carbocycles. The van der Waals surface area contributed by atoms with Crippen LogP contribution < -0.4 is 0 Å². The second kappa shape index (κ2) is 7.77. The van der Waals surface area contributed by atoms with Gasteiger partial charge in [0.15, 0.2) is 0 Å². The molecule has 0 atom stereocenters. The third-order valence-electron chi connectivity index (χ3n) is 1.68. The van der Waals surface area contributed by atoms with Gasteiger partial charge in [0.25, 0.3) is 0 Å². The molecule has 0 amide bonds. The van der Waals surface area contributed by atoms with E-state index in [1.165, 1.54) is 6.42 Å². The van der Waals surface area contributed by atoms with E-state index in [9.17, 15) is 0 Å². The van der Waals surface area contributed by atoms with Crippen molar-refractivity contribution in [2.24, 2.45) is 0 Å². The van der Waals surface area contributed by atoms with Crippen molar-refractivity contribution in [2.45, 2.75) is 39.2 Å². The van der Waals surface area contributed by atoms with Crippen molar-refractivity contribution in [2.75, 3.05) is 25.2 Å². The van der Waals surface area contributed by atoms with Crippen LogP contribution in [-0.2, 0) is 9.47 Å². The lowest BCUT2D eigenvalue weighted by molar-refractivity contribution is -0.0316. The predicted octanol–water partition coefficient (Wildman–Crippen LogP) is 2.99. The van der Waals surface area contributed by atoms with Crippen molar-refractivity contribution in [3.63, 3.8) is 0 Å². The minimum absolute atomic E-state index is 0.0753. The lowest BCUT2D eigenvalue weighted by Gasteiger charge is -2.22. The third kappa shape index (κ3) is 8.72. The van der Waals surface area contributed by atoms with E-state index in [1.54, 1.807) is 0 Å². The van der Waals surface area contributed by atoms with E-state index in [0.29, 0.717) is 13.2 Å². The first kappa shape index (κ1) is 13.4. The van der Waals surface area contributed by atoms with Gasteiger partial charge in [-0.2, -0.15) is 0 Å². The molecule has 0 radical (unpaired) electrons. The topological polar surface area (TPSA) is 18.5 Å². The summed E-state index contributed by atoms with van der Waals surface area (Å²) in [6.45, 7) is 8.53. The van der Waals surface area contributed by atoms with E-state index in [2.05, 4.69) is 36.7 Å². The molecule has 0 bridgehead atoms. The zero-order valence-corrected chi connectivity index (χ0v) is 10.5. The largest absolute Gasteiger partial charge is 0.379 e. The second-order valence-electron chi connectivity index (χ2n) is 3.71. The molecule has 0 N–H and O–H groups in total. The zero-order valence-electron chi connectivity index (χ0n) is 8.94. The van der Waals surface area contributed by atoms with E-state index >= 15 is 0 Å². The van der Waals surface area contributed by atoms with Crippen molar-refractivity contribution in [1.82, 2.24) is 0 Å². The van der Waals surface area contributed by atoms with Crippen LogP contribution in [0.1, 0.15) is 33.6 Å². The molecule has 0 saturated heterocycles. The van der Waals surface area contributed by atoms with Gasteiger partial charge in [0.05, 0.1) is 18.8 Å². The molecule has 0 aliphatic heterocycles. The Bertz CT molecular complexity index is 115. The van der Waals surface area contributed by atoms with Crippen LogP contribution in [0.5, 0.6) is 0 Å². The van der Waals surface area contributed by atoms with Gasteiger partial charge in [0.2, 0.25) is 0 Å². The van der Waals surface area contributed by atoms with Gasteiger partial charge < -0.3 is 9.47 Å². The van der Waals surface area contributed by atoms with Crippen LogP contribution in [0.3, 0.4) is 0 Å². The normalized spacial score (nSPS) is 12.0. The van der Waals surface area contributed by atoms with Gasteiger partial charge in [-0.15, -0.1) is 0 Å². The minimum atomic E-state index is -0.0753. The Morgan fingerprint density at radius 1 is 1.15 bits per heavy atom. The summed E-state index contributed by atoms with van der Waals surface area (Å²) in [5.41, 5.74) is -0.0753. The number of alkyl halides is 1. The summed E-state index contributed by atoms with van der Waals surface area (Å²) in [5.74, 6) is 0. The summed E-state index contributed by atoms with van der Waals surface area (Å²) in [6, 6.07) is 0. The molecule has 0 spiro atoms. The van der Waals surface area contributed by atoms with Crippen molar-refractivity contribution in [1.29, 1.82) is 0 Å². The molecule has 13 heavy (non-hydrogen) atoms. The van der Waals surface area contributed by atoms with Crippen LogP contribution in [0.4, 0.5) is 0 Å². The fourth-order valence-corrected chi connectivity index (χ4v) is 0.926. The molecule has 0 saturated carbocycles. The maximum Gasteiger partial charge on any atom is 0.0724 e. The summed E-state index contributed by atoms with van der Waals surface area (Å²) in [5, 5.41) is 0.856. The Morgan fingerprint density at radius 2 is 1.85 bits per heavy atom. The van der Waals surface area contributed by atoms with Crippen molar-refractivity contribution in [3.8, 4) is 0 Å². The first-order valence-corrected chi connectivity index (χ1v) is 6.02. The SMILES string of the molecule is CCCCOCCOC(C)(C)CBr. The molecule has 0 aromatic carbocycles. The van der Waals surface area contributed by atoms with Crippen LogP contribution in [-0.4, -0.2) is 30.8 Å². The van der Waals surface area contributed by atoms with Gasteiger partial charge in [0.1, 0.15) is 0 Å². The Balaban J connectivity index is 3.16. The monoisotopic (exact) mass is 252 g/mol. The highest BCUT2D eigenvalue weighted by atomic mass is 79.9. The summed E-state index contributed by atoms with van der Waals surface area (Å²) in [6.07, 6.45) is 2.33. The first-order valence-electron chi connectivity index (χ1n) is 4.90. The Morgan fingerprint density at radius 3 is 2.38 bits per heavy atom. The molecule has 80 valence electrons. The standard InChI is InChI=1S/C10H21BrO2/c1-4-5-6-12-7-8-13-10(2,3)9-11/h4-9H2,1-3H3. The number of unbranched alkanes of at least 4 members (excludes halogenated alkanes) is 1. The van der Waals surface area contributed by atoms with E-state index in [-0.39, 0.29) is 5.60 Å². The molecular weight excluding hydrogens is 232 g/mol. The van der Waals surface area contributed by atoms with Crippen molar-refractivity contribution < 1.29 is 9.47 Å². The highest BCUT2D eigenvalue weighted by molar-refractivity contribution is 9.09. The maximum atomic E-state index is 5.59. The van der Waals surface area contributed by atoms with Crippen molar-refractivity contribution >= 4 is 15.9 Å². The molecule has 3 heteroatoms. The highest BCUT2D eigenvalue weighted by Gasteiger charge is 2.15. The van der Waals surface area contributed by atoms with E-state index in [0.717, 1.165) is 18.4 Å². The fourth-order valence-electron chi connectivity index (χ4n) is 0.764. The Kier molecular flexibility index (Phi) is 8.01. The quantitative estimate of drug-likeness (QED) is 0.489. The molecule has 0 aromatic heterocycles. The molecule has 0 fully saturated rings. The van der Waals surface area contributed by atoms with Crippen LogP contribution in [0.15, 0.2) is 0 Å². The minimum Gasteiger partial charge on any atom is -0.379 e. The molecule has 0 heterocycles. The number of hydrogen-bond acceptors (Lipinski definition) is 2. The average Bonchev–Trinajstić information content (AvgIpc) is 2.11. The van der Waals surface area contributed by atoms with Gasteiger partial charge in [-0.3, -0.25) is 0 Å². The molecule has 0 rings (SSSR count). The van der Waals surface area contributed by atoms with Crippen molar-refractivity contribution in [3.05, 3.63) is 0 Å². The van der Waals surface area contributed by atoms with E-state index in [4.69, 9.17) is 9.47 Å². The Hall–Kier alpha value is 0.400. The lowest BCUT2D eigenvalue weighted by atomic mass is 10.2. The summed E-state index contributed by atoms with van der Waals surface area (Å²) >= 11 is 3.40. The lowest BCUT2D eigenvalue weighted by Crippen LogP contribution is -2.28. The van der Waals surface area contributed by atoms with Gasteiger partial charge >= 0.3 is 0 Å². The zero-order chi connectivity index (χ0) is 10.2. The summed E-state index contributed by atoms with van der Waals surface area (Å²) < 4.78 is 11.0. The van der Waals surface area contributed by atoms with Crippen LogP contribution in [0, 0.1) is 0 Å². The molecule has 0 unspecified atom stereocenters. The maximum absolute atomic E-state index is 5.59. The second-order valence-corrected chi connectivity index (χ2v) is 4.27. The van der Waals surface area contributed by atoms with Crippen LogP contribution in [0.2, 0.25) is 0 Å². The third-order valence-corrected chi connectivity index (χ3v) is 3.03. The van der Waals surface area contributed by atoms with Gasteiger partial charge in [-0.25, -0.2) is 0 Å². The number of rotatable bonds is 8. The fraction of sp³-hybridized carbons (Fsp3) is 1.00. The summed E-state index contributed by atoms with van der Waals surface area (Å²) in [7, 11) is 0. The number of halogens is 1. The molecule has 2 nitrogen and oxygen atoms in total. The number of hydrogen-bond donors (Lipinski definition) is 0. The first-order chi connectivity index (χ1) is 6.12. The van der Waals surface area contributed by atoms with Crippen LogP contribution >= 0.6 is 15.9 Å². The smallest absolute Gasteiger partial charge is 0.0724 e. The number of ether oxygens (including phenoxy) is 2. The van der Waals surface area contributed by atoms with Gasteiger partial charge in [-0.05, 0) is 20.3 Å². The summed E-state index contributed by atoms with van der Waals surface area (Å²) in [4.78, 5) is 0. The van der Waals surface area contributed by atoms with Gasteiger partial charge in [0, 0.05) is 11.9 Å². The average molecular weight is 253 g/mol. The van der Waals surface area contributed by atoms with E-state index < -0.39 is 0 Å². The molecular formula is C10H21BrO2. The molecule has 0 aliphatic rings. The highest BCUT2D eigenvalue weighted by Crippen LogP contribution is 2.11. The van der Waals surface area contributed by atoms with Gasteiger partial charge in [-0.1, -0.05) is 29.3 Å². The van der Waals surface area contributed by atoms with E-state index in [1.807, 2.05) is 0 Å². The van der Waals surface area contributed by atoms with Crippen LogP contribution in [0.25, 0.3) is 0 Å². The predicted molar refractivity (Wildman–Crippen MR) is 59.6 cm³/mol. The Labute approximate surface area is 90.1 Å².